The van der Waals surface area contributed by atoms with Gasteiger partial charge in [-0.05, 0) is 62.2 Å². The van der Waals surface area contributed by atoms with Crippen LogP contribution in [0.25, 0.3) is 34.0 Å². The Kier molecular flexibility index (Phi) is 7.85. The van der Waals surface area contributed by atoms with Crippen molar-refractivity contribution in [2.24, 2.45) is 0 Å². The Morgan fingerprint density at radius 3 is 2.23 bits per heavy atom. The lowest BCUT2D eigenvalue weighted by Crippen LogP contribution is -2.44. The predicted octanol–water partition coefficient (Wildman–Crippen LogP) is 5.31. The zero-order valence-electron chi connectivity index (χ0n) is 22.0. The summed E-state index contributed by atoms with van der Waals surface area (Å²) in [6, 6.07) is 18.1. The number of hydrogen-bond acceptors (Lipinski definition) is 8. The summed E-state index contributed by atoms with van der Waals surface area (Å²) in [5.74, 6) is 0.322. The van der Waals surface area contributed by atoms with E-state index in [0.29, 0.717) is 34.2 Å². The van der Waals surface area contributed by atoms with Gasteiger partial charge in [0.25, 0.3) is 5.89 Å². The Labute approximate surface area is 225 Å². The molecule has 202 valence electrons. The van der Waals surface area contributed by atoms with Crippen LogP contribution < -0.4 is 10.1 Å². The predicted molar refractivity (Wildman–Crippen MR) is 143 cm³/mol. The first-order valence-corrected chi connectivity index (χ1v) is 12.2. The van der Waals surface area contributed by atoms with Gasteiger partial charge < -0.3 is 29.5 Å². The molecule has 0 aliphatic rings. The molecular formula is C29H29N3O7. The molecule has 1 heterocycles. The molecular weight excluding hydrogens is 502 g/mol. The van der Waals surface area contributed by atoms with Gasteiger partial charge in [0.1, 0.15) is 23.1 Å². The molecule has 0 unspecified atom stereocenters. The number of alkyl carbamates (subject to hydrolysis) is 1. The van der Waals surface area contributed by atoms with Crippen LogP contribution in [0.2, 0.25) is 0 Å². The lowest BCUT2D eigenvalue weighted by Gasteiger charge is -2.22. The molecule has 3 N–H and O–H groups in total. The van der Waals surface area contributed by atoms with Crippen molar-refractivity contribution < 1.29 is 33.8 Å². The van der Waals surface area contributed by atoms with E-state index in [-0.39, 0.29) is 12.2 Å². The first kappa shape index (κ1) is 27.2. The van der Waals surface area contributed by atoms with Crippen molar-refractivity contribution in [3.05, 3.63) is 72.3 Å². The number of carboxylic acids is 1. The summed E-state index contributed by atoms with van der Waals surface area (Å²) in [5.41, 5.74) is 2.96. The first-order valence-electron chi connectivity index (χ1n) is 12.2. The van der Waals surface area contributed by atoms with Crippen molar-refractivity contribution >= 4 is 12.1 Å². The van der Waals surface area contributed by atoms with E-state index in [1.54, 1.807) is 82.5 Å². The zero-order chi connectivity index (χ0) is 28.2. The molecule has 4 aromatic rings. The van der Waals surface area contributed by atoms with Gasteiger partial charge in [0.2, 0.25) is 5.82 Å². The second-order valence-corrected chi connectivity index (χ2v) is 9.82. The molecule has 0 saturated heterocycles. The van der Waals surface area contributed by atoms with Gasteiger partial charge in [-0.15, -0.1) is 0 Å². The number of nitrogens with zero attached hydrogens (tertiary/aromatic N) is 2. The third kappa shape index (κ3) is 6.92. The fourth-order valence-electron chi connectivity index (χ4n) is 3.84. The Morgan fingerprint density at radius 1 is 0.974 bits per heavy atom. The number of carbonyl (C=O) groups is 2. The summed E-state index contributed by atoms with van der Waals surface area (Å²) < 4.78 is 16.2. The Bertz CT molecular complexity index is 1460. The number of rotatable bonds is 8. The minimum atomic E-state index is -1.17. The lowest BCUT2D eigenvalue weighted by atomic mass is 10.0. The molecule has 0 radical (unpaired) electrons. The normalized spacial score (nSPS) is 12.0. The number of carbonyl (C=O) groups excluding carboxylic acids is 1. The number of ether oxygens (including phenoxy) is 2. The SMILES string of the molecule is COc1ccc(-c2nc(-c3ccc(C[C@H](NC(=O)OC(C)(C)C)C(=O)O)cc3)no2)cc1-c1ccc(O)cc1. The summed E-state index contributed by atoms with van der Waals surface area (Å²) in [4.78, 5) is 28.2. The number of carboxylic acid groups (broad SMARTS) is 1. The monoisotopic (exact) mass is 531 g/mol. The lowest BCUT2D eigenvalue weighted by molar-refractivity contribution is -0.139. The number of phenolic OH excluding ortho intramolecular Hbond substituents is 1. The fraction of sp³-hybridized carbons (Fsp3) is 0.241. The number of hydrogen-bond donors (Lipinski definition) is 3. The van der Waals surface area contributed by atoms with Gasteiger partial charge in [0.15, 0.2) is 0 Å². The van der Waals surface area contributed by atoms with Crippen LogP contribution >= 0.6 is 0 Å². The average molecular weight is 532 g/mol. The van der Waals surface area contributed by atoms with Crippen molar-refractivity contribution in [1.82, 2.24) is 15.5 Å². The van der Waals surface area contributed by atoms with E-state index in [9.17, 15) is 19.8 Å². The van der Waals surface area contributed by atoms with Gasteiger partial charge in [-0.2, -0.15) is 4.98 Å². The number of aromatic hydroxyl groups is 1. The van der Waals surface area contributed by atoms with E-state index in [2.05, 4.69) is 15.5 Å². The second kappa shape index (κ2) is 11.3. The van der Waals surface area contributed by atoms with Crippen molar-refractivity contribution in [2.45, 2.75) is 38.8 Å². The fourth-order valence-corrected chi connectivity index (χ4v) is 3.84. The molecule has 3 aromatic carbocycles. The van der Waals surface area contributed by atoms with Crippen LogP contribution in [0.4, 0.5) is 4.79 Å². The molecule has 0 saturated carbocycles. The minimum absolute atomic E-state index is 0.0677. The Hall–Kier alpha value is -4.86. The standard InChI is InChI=1S/C29H29N3O7/c1-29(2,3)38-28(36)30-23(27(34)35)15-17-5-7-19(8-6-17)25-31-26(39-32-25)20-11-14-24(37-4)22(16-20)18-9-12-21(33)13-10-18/h5-14,16,23,33H,15H2,1-4H3,(H,30,36)(H,34,35)/t23-/m0/s1. The summed E-state index contributed by atoms with van der Waals surface area (Å²) in [6.45, 7) is 5.11. The van der Waals surface area contributed by atoms with Gasteiger partial charge >= 0.3 is 12.1 Å². The molecule has 4 rings (SSSR count). The molecule has 1 aromatic heterocycles. The van der Waals surface area contributed by atoms with Crippen LogP contribution in [0.3, 0.4) is 0 Å². The van der Waals surface area contributed by atoms with Crippen LogP contribution in [0.1, 0.15) is 26.3 Å². The van der Waals surface area contributed by atoms with Crippen LogP contribution in [0.15, 0.2) is 71.3 Å². The van der Waals surface area contributed by atoms with Gasteiger partial charge in [0.05, 0.1) is 7.11 Å². The van der Waals surface area contributed by atoms with Crippen LogP contribution in [-0.4, -0.2) is 51.2 Å². The van der Waals surface area contributed by atoms with E-state index < -0.39 is 23.7 Å². The quantitative estimate of drug-likeness (QED) is 0.276. The van der Waals surface area contributed by atoms with Gasteiger partial charge in [-0.1, -0.05) is 41.6 Å². The summed E-state index contributed by atoms with van der Waals surface area (Å²) in [6.07, 6.45) is -0.726. The Morgan fingerprint density at radius 2 is 1.62 bits per heavy atom. The minimum Gasteiger partial charge on any atom is -0.508 e. The van der Waals surface area contributed by atoms with E-state index in [1.165, 1.54) is 0 Å². The first-order chi connectivity index (χ1) is 18.5. The number of benzene rings is 3. The number of phenols is 1. The van der Waals surface area contributed by atoms with E-state index in [4.69, 9.17) is 14.0 Å². The van der Waals surface area contributed by atoms with Crippen LogP contribution in [0, 0.1) is 0 Å². The molecule has 10 heteroatoms. The molecule has 0 bridgehead atoms. The highest BCUT2D eigenvalue weighted by Crippen LogP contribution is 2.35. The van der Waals surface area contributed by atoms with Gasteiger partial charge in [-0.25, -0.2) is 9.59 Å². The molecule has 0 aliphatic heterocycles. The van der Waals surface area contributed by atoms with Crippen molar-refractivity contribution in [3.8, 4) is 45.5 Å². The maximum absolute atomic E-state index is 12.0. The number of aromatic nitrogens is 2. The van der Waals surface area contributed by atoms with Crippen molar-refractivity contribution in [1.29, 1.82) is 0 Å². The highest BCUT2D eigenvalue weighted by molar-refractivity contribution is 5.80. The largest absolute Gasteiger partial charge is 0.508 e. The van der Waals surface area contributed by atoms with Crippen LogP contribution in [-0.2, 0) is 16.0 Å². The second-order valence-electron chi connectivity index (χ2n) is 9.82. The molecule has 10 nitrogen and oxygen atoms in total. The topological polar surface area (TPSA) is 144 Å². The number of nitrogens with one attached hydrogen (secondary N) is 1. The summed E-state index contributed by atoms with van der Waals surface area (Å²) in [7, 11) is 1.58. The highest BCUT2D eigenvalue weighted by atomic mass is 16.6. The third-order valence-electron chi connectivity index (χ3n) is 5.69. The maximum atomic E-state index is 12.0. The number of aliphatic carboxylic acids is 1. The van der Waals surface area contributed by atoms with Gasteiger partial charge in [0, 0.05) is 23.1 Å². The summed E-state index contributed by atoms with van der Waals surface area (Å²) >= 11 is 0. The molecule has 0 aliphatic carbocycles. The van der Waals surface area contributed by atoms with Gasteiger partial charge in [-0.3, -0.25) is 0 Å². The van der Waals surface area contributed by atoms with Crippen LogP contribution in [0.5, 0.6) is 11.5 Å². The number of amides is 1. The molecule has 1 amide bonds. The van der Waals surface area contributed by atoms with Crippen molar-refractivity contribution in [2.75, 3.05) is 7.11 Å². The molecule has 0 spiro atoms. The smallest absolute Gasteiger partial charge is 0.408 e. The van der Waals surface area contributed by atoms with Crippen molar-refractivity contribution in [3.63, 3.8) is 0 Å². The molecule has 1 atom stereocenters. The molecule has 0 fully saturated rings. The number of methoxy groups -OCH3 is 1. The zero-order valence-corrected chi connectivity index (χ0v) is 22.0. The average Bonchev–Trinajstić information content (AvgIpc) is 3.38. The van der Waals surface area contributed by atoms with E-state index in [1.807, 2.05) is 12.1 Å². The summed E-state index contributed by atoms with van der Waals surface area (Å²) in [5, 5.41) is 25.6. The third-order valence-corrected chi connectivity index (χ3v) is 5.69. The van der Waals surface area contributed by atoms with E-state index >= 15 is 0 Å². The highest BCUT2D eigenvalue weighted by Gasteiger charge is 2.24. The van der Waals surface area contributed by atoms with E-state index in [0.717, 1.165) is 11.1 Å². The molecule has 39 heavy (non-hydrogen) atoms. The maximum Gasteiger partial charge on any atom is 0.408 e. The Balaban J connectivity index is 1.50.